The van der Waals surface area contributed by atoms with E-state index in [1.165, 1.54) is 0 Å². The highest BCUT2D eigenvalue weighted by atomic mass is 16.5. The van der Waals surface area contributed by atoms with Gasteiger partial charge in [0.25, 0.3) is 0 Å². The Kier molecular flexibility index (Phi) is 5.59. The van der Waals surface area contributed by atoms with E-state index in [2.05, 4.69) is 15.6 Å². The maximum absolute atomic E-state index is 11.4. The number of amides is 2. The van der Waals surface area contributed by atoms with Crippen LogP contribution in [0.15, 0.2) is 18.5 Å². The topological polar surface area (TPSA) is 101 Å². The van der Waals surface area contributed by atoms with E-state index in [1.54, 1.807) is 18.5 Å². The number of nitrogens with zero attached hydrogens (tertiary/aromatic N) is 1. The number of aromatic nitrogens is 1. The third kappa shape index (κ3) is 5.26. The van der Waals surface area contributed by atoms with E-state index in [1.807, 2.05) is 6.92 Å². The van der Waals surface area contributed by atoms with E-state index in [0.29, 0.717) is 5.69 Å². The van der Waals surface area contributed by atoms with Crippen LogP contribution in [-0.4, -0.2) is 41.8 Å². The van der Waals surface area contributed by atoms with Crippen molar-refractivity contribution in [2.24, 2.45) is 0 Å². The van der Waals surface area contributed by atoms with E-state index in [0.717, 1.165) is 5.56 Å². The fourth-order valence-corrected chi connectivity index (χ4v) is 1.16. The molecule has 7 heteroatoms. The molecule has 0 aliphatic rings. The molecule has 0 radical (unpaired) electrons. The zero-order chi connectivity index (χ0) is 13.4. The van der Waals surface area contributed by atoms with Crippen molar-refractivity contribution < 1.29 is 19.4 Å². The Balaban J connectivity index is 2.22. The zero-order valence-corrected chi connectivity index (χ0v) is 9.97. The largest absolute Gasteiger partial charge is 0.480 e. The molecule has 7 nitrogen and oxygen atoms in total. The van der Waals surface area contributed by atoms with Crippen molar-refractivity contribution >= 4 is 17.7 Å². The molecule has 0 fully saturated rings. The van der Waals surface area contributed by atoms with Gasteiger partial charge in [-0.15, -0.1) is 0 Å². The van der Waals surface area contributed by atoms with Crippen LogP contribution in [0.3, 0.4) is 0 Å². The first-order chi connectivity index (χ1) is 8.59. The molecule has 0 spiro atoms. The number of aryl methyl sites for hydroxylation is 1. The molecular formula is C11H15N3O4. The molecule has 0 atom stereocenters. The van der Waals surface area contributed by atoms with Gasteiger partial charge >= 0.3 is 12.0 Å². The number of nitrogens with one attached hydrogen (secondary N) is 2. The Bertz CT molecular complexity index is 423. The smallest absolute Gasteiger partial charge is 0.329 e. The van der Waals surface area contributed by atoms with Crippen LogP contribution in [0.2, 0.25) is 0 Å². The lowest BCUT2D eigenvalue weighted by Gasteiger charge is -2.09. The lowest BCUT2D eigenvalue weighted by Crippen LogP contribution is -2.32. The van der Waals surface area contributed by atoms with Crippen LogP contribution in [0.25, 0.3) is 0 Å². The maximum Gasteiger partial charge on any atom is 0.329 e. The van der Waals surface area contributed by atoms with E-state index < -0.39 is 5.97 Å². The van der Waals surface area contributed by atoms with E-state index >= 15 is 0 Å². The molecule has 1 aromatic rings. The molecule has 1 rings (SSSR count). The number of pyridine rings is 1. The number of carbonyl (C=O) groups is 2. The predicted molar refractivity (Wildman–Crippen MR) is 64.5 cm³/mol. The number of carbonyl (C=O) groups excluding carboxylic acids is 1. The molecule has 98 valence electrons. The number of aliphatic carboxylic acids is 1. The van der Waals surface area contributed by atoms with Crippen molar-refractivity contribution in [3.05, 3.63) is 24.0 Å². The van der Waals surface area contributed by atoms with Crippen molar-refractivity contribution in [1.29, 1.82) is 0 Å². The molecule has 0 saturated carbocycles. The van der Waals surface area contributed by atoms with Crippen molar-refractivity contribution in [2.45, 2.75) is 6.92 Å². The average molecular weight is 253 g/mol. The summed E-state index contributed by atoms with van der Waals surface area (Å²) in [4.78, 5) is 25.5. The van der Waals surface area contributed by atoms with Gasteiger partial charge in [0.1, 0.15) is 6.61 Å². The van der Waals surface area contributed by atoms with Gasteiger partial charge in [0.15, 0.2) is 0 Å². The van der Waals surface area contributed by atoms with Gasteiger partial charge in [0.2, 0.25) is 0 Å². The number of anilines is 1. The molecule has 2 amide bonds. The second-order valence-corrected chi connectivity index (χ2v) is 3.52. The number of rotatable bonds is 6. The van der Waals surface area contributed by atoms with Crippen LogP contribution < -0.4 is 10.6 Å². The van der Waals surface area contributed by atoms with Crippen molar-refractivity contribution in [3.8, 4) is 0 Å². The minimum absolute atomic E-state index is 0.145. The minimum atomic E-state index is -1.04. The highest BCUT2D eigenvalue weighted by molar-refractivity contribution is 5.89. The highest BCUT2D eigenvalue weighted by Gasteiger charge is 2.03. The number of hydrogen-bond acceptors (Lipinski definition) is 4. The quantitative estimate of drug-likeness (QED) is 0.645. The van der Waals surface area contributed by atoms with E-state index in [4.69, 9.17) is 9.84 Å². The Morgan fingerprint density at radius 2 is 2.28 bits per heavy atom. The maximum atomic E-state index is 11.4. The van der Waals surface area contributed by atoms with Gasteiger partial charge in [0, 0.05) is 12.7 Å². The molecule has 0 saturated heterocycles. The first-order valence-electron chi connectivity index (χ1n) is 5.34. The third-order valence-electron chi connectivity index (χ3n) is 2.04. The molecule has 18 heavy (non-hydrogen) atoms. The Hall–Kier alpha value is -2.15. The summed E-state index contributed by atoms with van der Waals surface area (Å²) < 4.78 is 4.77. The number of carboxylic acids is 1. The molecule has 1 aromatic heterocycles. The lowest BCUT2D eigenvalue weighted by molar-refractivity contribution is -0.142. The van der Waals surface area contributed by atoms with Gasteiger partial charge in [-0.1, -0.05) is 0 Å². The molecule has 0 aliphatic heterocycles. The molecular weight excluding hydrogens is 238 g/mol. The van der Waals surface area contributed by atoms with Crippen molar-refractivity contribution in [1.82, 2.24) is 10.3 Å². The highest BCUT2D eigenvalue weighted by Crippen LogP contribution is 2.10. The summed E-state index contributed by atoms with van der Waals surface area (Å²) >= 11 is 0. The fraction of sp³-hybridized carbons (Fsp3) is 0.364. The van der Waals surface area contributed by atoms with Gasteiger partial charge in [-0.05, 0) is 18.6 Å². The van der Waals surface area contributed by atoms with Crippen LogP contribution in [0.1, 0.15) is 5.56 Å². The molecule has 3 N–H and O–H groups in total. The Morgan fingerprint density at radius 3 is 2.94 bits per heavy atom. The minimum Gasteiger partial charge on any atom is -0.480 e. The first kappa shape index (κ1) is 13.9. The van der Waals surface area contributed by atoms with E-state index in [-0.39, 0.29) is 25.8 Å². The lowest BCUT2D eigenvalue weighted by atomic mass is 10.2. The van der Waals surface area contributed by atoms with Gasteiger partial charge < -0.3 is 20.5 Å². The number of carboxylic acid groups (broad SMARTS) is 1. The van der Waals surface area contributed by atoms with Gasteiger partial charge in [0.05, 0.1) is 18.5 Å². The summed E-state index contributed by atoms with van der Waals surface area (Å²) in [6, 6.07) is 1.40. The zero-order valence-electron chi connectivity index (χ0n) is 9.97. The summed E-state index contributed by atoms with van der Waals surface area (Å²) in [5.74, 6) is -1.04. The van der Waals surface area contributed by atoms with Crippen LogP contribution >= 0.6 is 0 Å². The average Bonchev–Trinajstić information content (AvgIpc) is 2.31. The fourth-order valence-electron chi connectivity index (χ4n) is 1.16. The monoisotopic (exact) mass is 253 g/mol. The summed E-state index contributed by atoms with van der Waals surface area (Å²) in [5, 5.41) is 13.5. The van der Waals surface area contributed by atoms with Gasteiger partial charge in [-0.25, -0.2) is 9.59 Å². The standard InChI is InChI=1S/C11H15N3O4/c1-8-2-3-12-6-9(8)14-11(17)13-4-5-18-7-10(15)16/h2-3,6H,4-5,7H2,1H3,(H,15,16)(H2,13,14,17). The summed E-state index contributed by atoms with van der Waals surface area (Å²) in [6.45, 7) is 1.86. The number of ether oxygens (including phenoxy) is 1. The van der Waals surface area contributed by atoms with Crippen LogP contribution in [-0.2, 0) is 9.53 Å². The van der Waals surface area contributed by atoms with Crippen molar-refractivity contribution in [3.63, 3.8) is 0 Å². The van der Waals surface area contributed by atoms with Crippen LogP contribution in [0.5, 0.6) is 0 Å². The van der Waals surface area contributed by atoms with Gasteiger partial charge in [-0.2, -0.15) is 0 Å². The first-order valence-corrected chi connectivity index (χ1v) is 5.34. The van der Waals surface area contributed by atoms with E-state index in [9.17, 15) is 9.59 Å². The Morgan fingerprint density at radius 1 is 1.50 bits per heavy atom. The van der Waals surface area contributed by atoms with Crippen LogP contribution in [0, 0.1) is 6.92 Å². The molecule has 0 aliphatic carbocycles. The second kappa shape index (κ2) is 7.23. The summed E-state index contributed by atoms with van der Waals surface area (Å²) in [7, 11) is 0. The number of urea groups is 1. The molecule has 1 heterocycles. The number of hydrogen-bond donors (Lipinski definition) is 3. The SMILES string of the molecule is Cc1ccncc1NC(=O)NCCOCC(=O)O. The van der Waals surface area contributed by atoms with Gasteiger partial charge in [-0.3, -0.25) is 4.98 Å². The molecule has 0 aromatic carbocycles. The molecule has 0 bridgehead atoms. The summed E-state index contributed by atoms with van der Waals surface area (Å²) in [5.41, 5.74) is 1.53. The Labute approximate surface area is 104 Å². The molecule has 0 unspecified atom stereocenters. The normalized spacial score (nSPS) is 9.83. The predicted octanol–water partition coefficient (Wildman–Crippen LogP) is 0.613. The summed E-state index contributed by atoms with van der Waals surface area (Å²) in [6.07, 6.45) is 3.19. The van der Waals surface area contributed by atoms with Crippen molar-refractivity contribution in [2.75, 3.05) is 25.1 Å². The second-order valence-electron chi connectivity index (χ2n) is 3.52. The van der Waals surface area contributed by atoms with Crippen LogP contribution in [0.4, 0.5) is 10.5 Å². The third-order valence-corrected chi connectivity index (χ3v) is 2.04.